The molecule has 3 aliphatic rings. The number of fused-ring (bicyclic) bond motifs is 1. The van der Waals surface area contributed by atoms with Gasteiger partial charge in [0.1, 0.15) is 5.41 Å². The second kappa shape index (κ2) is 12.2. The minimum atomic E-state index is -0.903. The minimum Gasteiger partial charge on any atom is -0.493 e. The molecule has 2 fully saturated rings. The summed E-state index contributed by atoms with van der Waals surface area (Å²) in [4.78, 5) is 44.1. The van der Waals surface area contributed by atoms with E-state index in [9.17, 15) is 14.4 Å². The van der Waals surface area contributed by atoms with Crippen molar-refractivity contribution in [2.75, 3.05) is 52.5 Å². The van der Waals surface area contributed by atoms with Crippen molar-refractivity contribution in [2.45, 2.75) is 44.9 Å². The molecule has 0 unspecified atom stereocenters. The maximum absolute atomic E-state index is 13.9. The number of hydrogen-bond donors (Lipinski definition) is 0. The van der Waals surface area contributed by atoms with Gasteiger partial charge in [0, 0.05) is 49.2 Å². The lowest BCUT2D eigenvalue weighted by Crippen LogP contribution is -2.54. The average molecular weight is 531 g/mol. The molecule has 202 valence electrons. The Balaban J connectivity index is 1.63. The van der Waals surface area contributed by atoms with Crippen molar-refractivity contribution in [2.24, 2.45) is 11.3 Å². The fraction of sp³-hybridized carbons (Fsp3) is 0.607. The lowest BCUT2D eigenvalue weighted by Gasteiger charge is -2.46. The van der Waals surface area contributed by atoms with Gasteiger partial charge in [0.15, 0.2) is 11.5 Å². The third-order valence-corrected chi connectivity index (χ3v) is 8.76. The highest BCUT2D eigenvalue weighted by atomic mass is 32.2. The Morgan fingerprint density at radius 3 is 2.54 bits per heavy atom. The van der Waals surface area contributed by atoms with E-state index in [2.05, 4.69) is 6.08 Å². The number of ether oxygens (including phenoxy) is 3. The van der Waals surface area contributed by atoms with Gasteiger partial charge in [-0.05, 0) is 49.8 Å². The van der Waals surface area contributed by atoms with Gasteiger partial charge in [0.2, 0.25) is 11.8 Å². The molecule has 8 nitrogen and oxygen atoms in total. The molecule has 1 aliphatic carbocycles. The van der Waals surface area contributed by atoms with Crippen LogP contribution in [0, 0.1) is 11.3 Å². The van der Waals surface area contributed by atoms with Crippen LogP contribution in [0.3, 0.4) is 0 Å². The van der Waals surface area contributed by atoms with E-state index in [0.29, 0.717) is 50.4 Å². The zero-order valence-corrected chi connectivity index (χ0v) is 22.9. The predicted molar refractivity (Wildman–Crippen MR) is 143 cm³/mol. The summed E-state index contributed by atoms with van der Waals surface area (Å²) in [7, 11) is 4.61. The highest BCUT2D eigenvalue weighted by Gasteiger charge is 2.53. The van der Waals surface area contributed by atoms with Crippen LogP contribution >= 0.6 is 11.8 Å². The Kier molecular flexibility index (Phi) is 9.05. The molecule has 2 atom stereocenters. The normalized spacial score (nSPS) is 24.0. The average Bonchev–Trinajstić information content (AvgIpc) is 3.16. The van der Waals surface area contributed by atoms with Gasteiger partial charge in [-0.15, -0.1) is 0 Å². The number of likely N-dealkylation sites (tertiary alicyclic amines) is 1. The Labute approximate surface area is 223 Å². The van der Waals surface area contributed by atoms with E-state index >= 15 is 0 Å². The van der Waals surface area contributed by atoms with Gasteiger partial charge >= 0.3 is 5.97 Å². The fourth-order valence-electron chi connectivity index (χ4n) is 5.86. The number of hydrogen-bond acceptors (Lipinski definition) is 7. The van der Waals surface area contributed by atoms with Crippen LogP contribution in [0.15, 0.2) is 30.0 Å². The van der Waals surface area contributed by atoms with Crippen molar-refractivity contribution in [3.63, 3.8) is 0 Å². The summed E-state index contributed by atoms with van der Waals surface area (Å²) >= 11 is 1.84. The van der Waals surface area contributed by atoms with Gasteiger partial charge in [-0.3, -0.25) is 14.4 Å². The molecule has 9 heteroatoms. The zero-order chi connectivity index (χ0) is 26.4. The van der Waals surface area contributed by atoms with Crippen molar-refractivity contribution in [3.05, 3.63) is 35.5 Å². The van der Waals surface area contributed by atoms with E-state index in [0.717, 1.165) is 42.0 Å². The summed E-state index contributed by atoms with van der Waals surface area (Å²) in [6, 6.07) is 5.73. The van der Waals surface area contributed by atoms with E-state index in [1.165, 1.54) is 7.11 Å². The third-order valence-electron chi connectivity index (χ3n) is 7.82. The first kappa shape index (κ1) is 27.4. The minimum absolute atomic E-state index is 0.000409. The van der Waals surface area contributed by atoms with Crippen LogP contribution in [-0.2, 0) is 25.5 Å². The van der Waals surface area contributed by atoms with Crippen molar-refractivity contribution >= 4 is 29.5 Å². The van der Waals surface area contributed by atoms with Crippen LogP contribution in [0.1, 0.15) is 44.1 Å². The Bertz CT molecular complexity index is 1040. The first-order valence-electron chi connectivity index (χ1n) is 13.1. The molecule has 0 radical (unpaired) electrons. The molecule has 0 saturated carbocycles. The highest BCUT2D eigenvalue weighted by Crippen LogP contribution is 2.49. The van der Waals surface area contributed by atoms with Crippen molar-refractivity contribution in [3.8, 4) is 11.5 Å². The number of thioether (sulfide) groups is 1. The van der Waals surface area contributed by atoms with E-state index < -0.39 is 11.3 Å². The van der Waals surface area contributed by atoms with Crippen LogP contribution < -0.4 is 9.47 Å². The molecular formula is C28H38N2O6S. The van der Waals surface area contributed by atoms with E-state index in [4.69, 9.17) is 14.2 Å². The molecule has 2 heterocycles. The number of nitrogens with zero attached hydrogens (tertiary/aromatic N) is 2. The molecule has 4 rings (SSSR count). The molecule has 0 N–H and O–H groups in total. The molecule has 2 saturated heterocycles. The summed E-state index contributed by atoms with van der Waals surface area (Å²) in [5, 5.41) is 0. The first-order valence-corrected chi connectivity index (χ1v) is 14.3. The predicted octanol–water partition coefficient (Wildman–Crippen LogP) is 3.68. The van der Waals surface area contributed by atoms with Crippen molar-refractivity contribution < 1.29 is 28.6 Å². The van der Waals surface area contributed by atoms with Crippen LogP contribution in [0.2, 0.25) is 0 Å². The maximum atomic E-state index is 13.9. The molecular weight excluding hydrogens is 492 g/mol. The van der Waals surface area contributed by atoms with E-state index in [1.807, 2.05) is 34.9 Å². The lowest BCUT2D eigenvalue weighted by atomic mass is 9.69. The monoisotopic (exact) mass is 530 g/mol. The van der Waals surface area contributed by atoms with Gasteiger partial charge in [-0.25, -0.2) is 0 Å². The fourth-order valence-corrected chi connectivity index (χ4v) is 6.76. The zero-order valence-electron chi connectivity index (χ0n) is 22.1. The summed E-state index contributed by atoms with van der Waals surface area (Å²) < 4.78 is 16.1. The first-order chi connectivity index (χ1) is 17.9. The molecule has 0 spiro atoms. The standard InChI is InChI=1S/C28H38N2O6S/c1-34-22-9-8-20(17-23(22)35-2)10-12-30-24-7-5-4-6-11-28(24,27(33)36-3)19-21(26(30)32)18-25(31)29-13-15-37-16-14-29/h7-9,17,21H,4-6,10-16,18-19H2,1-3H3/t21-,28+/m1/s1. The quantitative estimate of drug-likeness (QED) is 0.474. The Hall–Kier alpha value is -2.68. The second-order valence-electron chi connectivity index (χ2n) is 9.94. The van der Waals surface area contributed by atoms with Crippen LogP contribution in [0.5, 0.6) is 11.5 Å². The molecule has 1 aromatic carbocycles. The SMILES string of the molecule is COC(=O)[C@]12CCCCC=C1N(CCc1ccc(OC)c(OC)c1)C(=O)[C@H](CC(=O)N1CCSCC1)C2. The molecule has 1 aromatic rings. The topological polar surface area (TPSA) is 85.4 Å². The van der Waals surface area contributed by atoms with Crippen LogP contribution in [0.25, 0.3) is 0 Å². The molecule has 2 amide bonds. The number of esters is 1. The largest absolute Gasteiger partial charge is 0.493 e. The van der Waals surface area contributed by atoms with Gasteiger partial charge in [-0.1, -0.05) is 18.6 Å². The Morgan fingerprint density at radius 2 is 1.84 bits per heavy atom. The molecule has 0 bridgehead atoms. The van der Waals surface area contributed by atoms with Crippen LogP contribution in [0.4, 0.5) is 0 Å². The Morgan fingerprint density at radius 1 is 1.08 bits per heavy atom. The van der Waals surface area contributed by atoms with Crippen molar-refractivity contribution in [1.29, 1.82) is 0 Å². The number of allylic oxidation sites excluding steroid dienone is 1. The molecule has 37 heavy (non-hydrogen) atoms. The number of carbonyl (C=O) groups excluding carboxylic acids is 3. The molecule has 0 aromatic heterocycles. The number of rotatable bonds is 8. The number of benzene rings is 1. The van der Waals surface area contributed by atoms with Gasteiger partial charge in [-0.2, -0.15) is 11.8 Å². The molecule has 2 aliphatic heterocycles. The van der Waals surface area contributed by atoms with E-state index in [1.54, 1.807) is 19.1 Å². The van der Waals surface area contributed by atoms with Gasteiger partial charge in [0.05, 0.1) is 21.3 Å². The summed E-state index contributed by atoms with van der Waals surface area (Å²) in [5.74, 6) is 2.17. The highest BCUT2D eigenvalue weighted by molar-refractivity contribution is 7.99. The number of amides is 2. The third kappa shape index (κ3) is 5.76. The number of piperidine rings is 1. The summed E-state index contributed by atoms with van der Waals surface area (Å²) in [6.45, 7) is 1.82. The van der Waals surface area contributed by atoms with Crippen LogP contribution in [-0.4, -0.2) is 80.1 Å². The van der Waals surface area contributed by atoms with Gasteiger partial charge in [0.25, 0.3) is 0 Å². The van der Waals surface area contributed by atoms with Gasteiger partial charge < -0.3 is 24.0 Å². The summed E-state index contributed by atoms with van der Waals surface area (Å²) in [5.41, 5.74) is 0.840. The summed E-state index contributed by atoms with van der Waals surface area (Å²) in [6.07, 6.45) is 6.33. The number of methoxy groups -OCH3 is 3. The lowest BCUT2D eigenvalue weighted by molar-refractivity contribution is -0.160. The smallest absolute Gasteiger partial charge is 0.317 e. The maximum Gasteiger partial charge on any atom is 0.317 e. The second-order valence-corrected chi connectivity index (χ2v) is 11.2. The van der Waals surface area contributed by atoms with E-state index in [-0.39, 0.29) is 24.2 Å². The number of carbonyl (C=O) groups is 3. The van der Waals surface area contributed by atoms with Crippen molar-refractivity contribution in [1.82, 2.24) is 9.80 Å².